The predicted molar refractivity (Wildman–Crippen MR) is 80.3 cm³/mol. The van der Waals surface area contributed by atoms with Crippen LogP contribution in [0.3, 0.4) is 0 Å². The smallest absolute Gasteiger partial charge is 0.191 e. The standard InChI is InChI=1S/C14H27N5/c1-4-16-14(17-7-5-6-13(2)3)18-9-11-19-10-8-15-12-19/h8,10,12-13H,4-7,9,11H2,1-3H3,(H2,16,17,18). The monoisotopic (exact) mass is 265 g/mol. The lowest BCUT2D eigenvalue weighted by Gasteiger charge is -2.11. The number of imidazole rings is 1. The van der Waals surface area contributed by atoms with Crippen LogP contribution in [-0.4, -0.2) is 35.1 Å². The third-order valence-corrected chi connectivity index (χ3v) is 2.78. The molecule has 5 nitrogen and oxygen atoms in total. The summed E-state index contributed by atoms with van der Waals surface area (Å²) < 4.78 is 2.05. The number of nitrogens with one attached hydrogen (secondary N) is 2. The number of rotatable bonds is 8. The first-order valence-corrected chi connectivity index (χ1v) is 7.20. The number of hydrogen-bond donors (Lipinski definition) is 2. The maximum Gasteiger partial charge on any atom is 0.191 e. The third kappa shape index (κ3) is 7.49. The van der Waals surface area contributed by atoms with Crippen molar-refractivity contribution in [3.8, 4) is 0 Å². The van der Waals surface area contributed by atoms with Crippen LogP contribution in [0.25, 0.3) is 0 Å². The molecule has 1 rings (SSSR count). The van der Waals surface area contributed by atoms with Crippen molar-refractivity contribution in [3.05, 3.63) is 18.7 Å². The van der Waals surface area contributed by atoms with E-state index < -0.39 is 0 Å². The summed E-state index contributed by atoms with van der Waals surface area (Å²) in [6.45, 7) is 10.1. The molecule has 108 valence electrons. The molecular weight excluding hydrogens is 238 g/mol. The van der Waals surface area contributed by atoms with Crippen LogP contribution in [0.2, 0.25) is 0 Å². The number of nitrogens with zero attached hydrogens (tertiary/aromatic N) is 3. The average Bonchev–Trinajstić information content (AvgIpc) is 2.87. The minimum atomic E-state index is 0.756. The summed E-state index contributed by atoms with van der Waals surface area (Å²) in [5.74, 6) is 1.67. The minimum Gasteiger partial charge on any atom is -0.357 e. The minimum absolute atomic E-state index is 0.756. The highest BCUT2D eigenvalue weighted by Gasteiger charge is 1.97. The Labute approximate surface area is 116 Å². The Kier molecular flexibility index (Phi) is 7.70. The van der Waals surface area contributed by atoms with Crippen molar-refractivity contribution in [3.63, 3.8) is 0 Å². The van der Waals surface area contributed by atoms with E-state index in [1.165, 1.54) is 6.42 Å². The van der Waals surface area contributed by atoms with Crippen molar-refractivity contribution in [1.29, 1.82) is 0 Å². The number of hydrogen-bond acceptors (Lipinski definition) is 2. The Morgan fingerprint density at radius 3 is 2.84 bits per heavy atom. The second-order valence-corrected chi connectivity index (χ2v) is 5.02. The first-order chi connectivity index (χ1) is 9.22. The molecule has 0 amide bonds. The van der Waals surface area contributed by atoms with E-state index in [2.05, 4.69) is 45.9 Å². The number of aromatic nitrogens is 2. The molecule has 2 N–H and O–H groups in total. The van der Waals surface area contributed by atoms with Crippen LogP contribution >= 0.6 is 0 Å². The van der Waals surface area contributed by atoms with Gasteiger partial charge in [-0.3, -0.25) is 4.99 Å². The summed E-state index contributed by atoms with van der Waals surface area (Å²) in [5, 5.41) is 6.60. The van der Waals surface area contributed by atoms with Gasteiger partial charge >= 0.3 is 0 Å². The molecule has 0 aromatic carbocycles. The third-order valence-electron chi connectivity index (χ3n) is 2.78. The second kappa shape index (κ2) is 9.42. The molecule has 0 aliphatic heterocycles. The first kappa shape index (κ1) is 15.5. The molecule has 5 heteroatoms. The zero-order valence-electron chi connectivity index (χ0n) is 12.4. The lowest BCUT2D eigenvalue weighted by Crippen LogP contribution is -2.38. The lowest BCUT2D eigenvalue weighted by molar-refractivity contribution is 0.560. The van der Waals surface area contributed by atoms with Crippen LogP contribution < -0.4 is 10.6 Å². The summed E-state index contributed by atoms with van der Waals surface area (Å²) in [5.41, 5.74) is 0. The molecule has 1 heterocycles. The normalized spacial score (nSPS) is 11.9. The Bertz CT molecular complexity index is 343. The van der Waals surface area contributed by atoms with Crippen LogP contribution in [0.4, 0.5) is 0 Å². The SMILES string of the molecule is CCNC(=NCCCC(C)C)NCCn1ccnc1. The van der Waals surface area contributed by atoms with E-state index >= 15 is 0 Å². The molecule has 0 radical (unpaired) electrons. The Morgan fingerprint density at radius 1 is 1.37 bits per heavy atom. The summed E-state index contributed by atoms with van der Waals surface area (Å²) in [4.78, 5) is 8.60. The predicted octanol–water partition coefficient (Wildman–Crippen LogP) is 1.87. The second-order valence-electron chi connectivity index (χ2n) is 5.02. The van der Waals surface area contributed by atoms with Gasteiger partial charge in [-0.25, -0.2) is 4.98 Å². The Balaban J connectivity index is 2.24. The van der Waals surface area contributed by atoms with Gasteiger partial charge in [0.05, 0.1) is 6.33 Å². The molecule has 0 spiro atoms. The van der Waals surface area contributed by atoms with Crippen molar-refractivity contribution in [2.75, 3.05) is 19.6 Å². The fourth-order valence-electron chi connectivity index (χ4n) is 1.75. The van der Waals surface area contributed by atoms with E-state index in [1.807, 2.05) is 12.5 Å². The van der Waals surface area contributed by atoms with Gasteiger partial charge in [-0.05, 0) is 25.7 Å². The fourth-order valence-corrected chi connectivity index (χ4v) is 1.75. The van der Waals surface area contributed by atoms with Gasteiger partial charge in [0.1, 0.15) is 0 Å². The molecule has 19 heavy (non-hydrogen) atoms. The van der Waals surface area contributed by atoms with Gasteiger partial charge < -0.3 is 15.2 Å². The van der Waals surface area contributed by atoms with Crippen LogP contribution in [0.5, 0.6) is 0 Å². The number of aliphatic imine (C=N–C) groups is 1. The Morgan fingerprint density at radius 2 is 2.21 bits per heavy atom. The molecule has 0 unspecified atom stereocenters. The molecule has 1 aromatic rings. The topological polar surface area (TPSA) is 54.2 Å². The van der Waals surface area contributed by atoms with Crippen molar-refractivity contribution >= 4 is 5.96 Å². The van der Waals surface area contributed by atoms with Crippen LogP contribution in [0.1, 0.15) is 33.6 Å². The molecule has 0 aliphatic carbocycles. The largest absolute Gasteiger partial charge is 0.357 e. The summed E-state index contributed by atoms with van der Waals surface area (Å²) in [6.07, 6.45) is 7.97. The van der Waals surface area contributed by atoms with Crippen molar-refractivity contribution < 1.29 is 0 Å². The number of guanidine groups is 1. The quantitative estimate of drug-likeness (QED) is 0.429. The fraction of sp³-hybridized carbons (Fsp3) is 0.714. The Hall–Kier alpha value is -1.52. The van der Waals surface area contributed by atoms with Crippen LogP contribution in [-0.2, 0) is 6.54 Å². The molecule has 0 aliphatic rings. The van der Waals surface area contributed by atoms with E-state index in [4.69, 9.17) is 0 Å². The molecule has 0 bridgehead atoms. The molecular formula is C14H27N5. The first-order valence-electron chi connectivity index (χ1n) is 7.20. The van der Waals surface area contributed by atoms with Crippen molar-refractivity contribution in [2.24, 2.45) is 10.9 Å². The van der Waals surface area contributed by atoms with Gasteiger partial charge in [-0.15, -0.1) is 0 Å². The highest BCUT2D eigenvalue weighted by atomic mass is 15.2. The average molecular weight is 265 g/mol. The van der Waals surface area contributed by atoms with Gasteiger partial charge in [0, 0.05) is 38.6 Å². The van der Waals surface area contributed by atoms with Gasteiger partial charge in [0.15, 0.2) is 5.96 Å². The summed E-state index contributed by atoms with van der Waals surface area (Å²) in [7, 11) is 0. The zero-order valence-corrected chi connectivity index (χ0v) is 12.4. The van der Waals surface area contributed by atoms with Crippen LogP contribution in [0, 0.1) is 5.92 Å². The van der Waals surface area contributed by atoms with E-state index in [0.717, 1.165) is 44.5 Å². The van der Waals surface area contributed by atoms with Crippen molar-refractivity contribution in [1.82, 2.24) is 20.2 Å². The molecule has 0 fully saturated rings. The maximum atomic E-state index is 4.57. The van der Waals surface area contributed by atoms with E-state index in [1.54, 1.807) is 6.20 Å². The highest BCUT2D eigenvalue weighted by molar-refractivity contribution is 5.79. The summed E-state index contributed by atoms with van der Waals surface area (Å²) in [6, 6.07) is 0. The van der Waals surface area contributed by atoms with Gasteiger partial charge in [-0.1, -0.05) is 13.8 Å². The van der Waals surface area contributed by atoms with Crippen molar-refractivity contribution in [2.45, 2.75) is 40.2 Å². The van der Waals surface area contributed by atoms with Gasteiger partial charge in [-0.2, -0.15) is 0 Å². The highest BCUT2D eigenvalue weighted by Crippen LogP contribution is 2.02. The molecule has 1 aromatic heterocycles. The summed E-state index contributed by atoms with van der Waals surface area (Å²) >= 11 is 0. The zero-order chi connectivity index (χ0) is 13.9. The van der Waals surface area contributed by atoms with Crippen LogP contribution in [0.15, 0.2) is 23.7 Å². The van der Waals surface area contributed by atoms with Gasteiger partial charge in [0.25, 0.3) is 0 Å². The van der Waals surface area contributed by atoms with E-state index in [-0.39, 0.29) is 0 Å². The van der Waals surface area contributed by atoms with E-state index in [9.17, 15) is 0 Å². The van der Waals surface area contributed by atoms with E-state index in [0.29, 0.717) is 0 Å². The lowest BCUT2D eigenvalue weighted by atomic mass is 10.1. The molecule has 0 saturated carbocycles. The molecule has 0 atom stereocenters. The van der Waals surface area contributed by atoms with Gasteiger partial charge in [0.2, 0.25) is 0 Å². The maximum absolute atomic E-state index is 4.57. The molecule has 0 saturated heterocycles.